The van der Waals surface area contributed by atoms with Gasteiger partial charge in [0.15, 0.2) is 0 Å². The Morgan fingerprint density at radius 2 is 2.07 bits per heavy atom. The number of benzene rings is 1. The Balaban J connectivity index is 2.87. The zero-order chi connectivity index (χ0) is 10.7. The van der Waals surface area contributed by atoms with E-state index in [0.717, 1.165) is 16.8 Å². The van der Waals surface area contributed by atoms with Gasteiger partial charge < -0.3 is 11.1 Å². The minimum Gasteiger partial charge on any atom is -0.324 e. The summed E-state index contributed by atoms with van der Waals surface area (Å²) in [6.45, 7) is 5.66. The Labute approximate surface area is 84.3 Å². The number of rotatable bonds is 2. The third-order valence-electron chi connectivity index (χ3n) is 2.28. The molecule has 1 aromatic carbocycles. The summed E-state index contributed by atoms with van der Waals surface area (Å²) in [5.41, 5.74) is 8.54. The van der Waals surface area contributed by atoms with Crippen molar-refractivity contribution in [3.05, 3.63) is 29.3 Å². The number of carbonyl (C=O) groups excluding carboxylic acids is 1. The number of nitrogens with two attached hydrogens (primary N) is 1. The lowest BCUT2D eigenvalue weighted by atomic mass is 10.1. The Kier molecular flexibility index (Phi) is 3.25. The van der Waals surface area contributed by atoms with Gasteiger partial charge in [0.2, 0.25) is 5.91 Å². The summed E-state index contributed by atoms with van der Waals surface area (Å²) < 4.78 is 0. The van der Waals surface area contributed by atoms with Crippen LogP contribution in [0.25, 0.3) is 0 Å². The zero-order valence-corrected chi connectivity index (χ0v) is 8.79. The average Bonchev–Trinajstić information content (AvgIpc) is 2.12. The molecule has 76 valence electrons. The highest BCUT2D eigenvalue weighted by Crippen LogP contribution is 2.17. The second-order valence-electron chi connectivity index (χ2n) is 3.53. The van der Waals surface area contributed by atoms with E-state index in [-0.39, 0.29) is 5.91 Å². The van der Waals surface area contributed by atoms with Gasteiger partial charge in [-0.15, -0.1) is 0 Å². The number of nitrogens with one attached hydrogen (secondary N) is 1. The van der Waals surface area contributed by atoms with Crippen molar-refractivity contribution in [3.63, 3.8) is 0 Å². The molecule has 0 saturated heterocycles. The average molecular weight is 192 g/mol. The predicted molar refractivity (Wildman–Crippen MR) is 58.2 cm³/mol. The highest BCUT2D eigenvalue weighted by Gasteiger charge is 2.09. The minimum atomic E-state index is -0.477. The van der Waals surface area contributed by atoms with E-state index in [2.05, 4.69) is 5.32 Å². The molecule has 0 aliphatic carbocycles. The first-order valence-corrected chi connectivity index (χ1v) is 4.65. The van der Waals surface area contributed by atoms with Crippen molar-refractivity contribution in [2.45, 2.75) is 26.8 Å². The Hall–Kier alpha value is -1.35. The summed E-state index contributed by atoms with van der Waals surface area (Å²) in [5.74, 6) is -0.154. The van der Waals surface area contributed by atoms with Crippen molar-refractivity contribution in [1.29, 1.82) is 0 Å². The highest BCUT2D eigenvalue weighted by molar-refractivity contribution is 5.95. The van der Waals surface area contributed by atoms with E-state index in [4.69, 9.17) is 5.73 Å². The molecule has 3 nitrogen and oxygen atoms in total. The Morgan fingerprint density at radius 3 is 2.64 bits per heavy atom. The lowest BCUT2D eigenvalue weighted by Gasteiger charge is -2.11. The van der Waals surface area contributed by atoms with Gasteiger partial charge in [0, 0.05) is 5.69 Å². The molecule has 0 fully saturated rings. The van der Waals surface area contributed by atoms with Crippen LogP contribution in [0.2, 0.25) is 0 Å². The summed E-state index contributed by atoms with van der Waals surface area (Å²) in [4.78, 5) is 11.3. The third kappa shape index (κ3) is 2.33. The van der Waals surface area contributed by atoms with Gasteiger partial charge in [-0.25, -0.2) is 0 Å². The number of carbonyl (C=O) groups is 1. The van der Waals surface area contributed by atoms with Crippen LogP contribution in [0.1, 0.15) is 18.1 Å². The maximum Gasteiger partial charge on any atom is 0.241 e. The lowest BCUT2D eigenvalue weighted by molar-refractivity contribution is -0.117. The van der Waals surface area contributed by atoms with E-state index in [0.29, 0.717) is 0 Å². The van der Waals surface area contributed by atoms with Crippen molar-refractivity contribution in [2.75, 3.05) is 5.32 Å². The van der Waals surface area contributed by atoms with Gasteiger partial charge in [-0.1, -0.05) is 12.1 Å². The van der Waals surface area contributed by atoms with Crippen molar-refractivity contribution >= 4 is 11.6 Å². The molecule has 0 heterocycles. The van der Waals surface area contributed by atoms with E-state index < -0.39 is 6.04 Å². The van der Waals surface area contributed by atoms with Gasteiger partial charge in [0.05, 0.1) is 6.04 Å². The molecule has 0 spiro atoms. The van der Waals surface area contributed by atoms with Crippen LogP contribution in [0.5, 0.6) is 0 Å². The summed E-state index contributed by atoms with van der Waals surface area (Å²) in [5, 5.41) is 2.79. The first-order chi connectivity index (χ1) is 6.52. The number of anilines is 1. The van der Waals surface area contributed by atoms with E-state index in [1.807, 2.05) is 32.0 Å². The first kappa shape index (κ1) is 10.7. The van der Waals surface area contributed by atoms with Gasteiger partial charge in [-0.05, 0) is 38.0 Å². The zero-order valence-electron chi connectivity index (χ0n) is 8.79. The summed E-state index contributed by atoms with van der Waals surface area (Å²) in [6.07, 6.45) is 0. The van der Waals surface area contributed by atoms with E-state index in [9.17, 15) is 4.79 Å². The van der Waals surface area contributed by atoms with Crippen LogP contribution in [0.4, 0.5) is 5.69 Å². The molecule has 3 heteroatoms. The molecular formula is C11H16N2O. The second-order valence-corrected chi connectivity index (χ2v) is 3.53. The van der Waals surface area contributed by atoms with Crippen LogP contribution in [0, 0.1) is 13.8 Å². The van der Waals surface area contributed by atoms with Gasteiger partial charge >= 0.3 is 0 Å². The lowest BCUT2D eigenvalue weighted by Crippen LogP contribution is -2.32. The van der Waals surface area contributed by atoms with Crippen LogP contribution in [0.3, 0.4) is 0 Å². The molecule has 1 unspecified atom stereocenters. The third-order valence-corrected chi connectivity index (χ3v) is 2.28. The molecule has 3 N–H and O–H groups in total. The molecule has 0 radical (unpaired) electrons. The molecule has 1 rings (SSSR count). The summed E-state index contributed by atoms with van der Waals surface area (Å²) >= 11 is 0. The van der Waals surface area contributed by atoms with Crippen LogP contribution < -0.4 is 11.1 Å². The van der Waals surface area contributed by atoms with Crippen molar-refractivity contribution < 1.29 is 4.79 Å². The normalized spacial score (nSPS) is 12.3. The number of amides is 1. The molecule has 0 aliphatic rings. The molecule has 0 aromatic heterocycles. The fourth-order valence-corrected chi connectivity index (χ4v) is 1.13. The first-order valence-electron chi connectivity index (χ1n) is 4.65. The number of aryl methyl sites for hydroxylation is 1. The van der Waals surface area contributed by atoms with Gasteiger partial charge in [-0.3, -0.25) is 4.79 Å². The monoisotopic (exact) mass is 192 g/mol. The van der Waals surface area contributed by atoms with Crippen molar-refractivity contribution in [2.24, 2.45) is 5.73 Å². The fraction of sp³-hybridized carbons (Fsp3) is 0.364. The minimum absolute atomic E-state index is 0.154. The highest BCUT2D eigenvalue weighted by atomic mass is 16.2. The van der Waals surface area contributed by atoms with Crippen LogP contribution >= 0.6 is 0 Å². The molecule has 0 aliphatic heterocycles. The van der Waals surface area contributed by atoms with Crippen molar-refractivity contribution in [1.82, 2.24) is 0 Å². The molecule has 1 aromatic rings. The number of hydrogen-bond acceptors (Lipinski definition) is 2. The van der Waals surface area contributed by atoms with E-state index in [1.165, 1.54) is 0 Å². The Bertz CT molecular complexity index is 345. The standard InChI is InChI=1S/C11H16N2O/c1-7-5-4-6-10(8(7)2)13-11(14)9(3)12/h4-6,9H,12H2,1-3H3,(H,13,14). The van der Waals surface area contributed by atoms with Crippen LogP contribution in [0.15, 0.2) is 18.2 Å². The maximum atomic E-state index is 11.3. The molecule has 0 bridgehead atoms. The molecular weight excluding hydrogens is 176 g/mol. The van der Waals surface area contributed by atoms with Crippen LogP contribution in [-0.4, -0.2) is 11.9 Å². The fourth-order valence-electron chi connectivity index (χ4n) is 1.13. The largest absolute Gasteiger partial charge is 0.324 e. The molecule has 1 amide bonds. The smallest absolute Gasteiger partial charge is 0.241 e. The quantitative estimate of drug-likeness (QED) is 0.747. The van der Waals surface area contributed by atoms with Crippen molar-refractivity contribution in [3.8, 4) is 0 Å². The molecule has 14 heavy (non-hydrogen) atoms. The molecule has 0 saturated carbocycles. The maximum absolute atomic E-state index is 11.3. The summed E-state index contributed by atoms with van der Waals surface area (Å²) in [7, 11) is 0. The van der Waals surface area contributed by atoms with Gasteiger partial charge in [-0.2, -0.15) is 0 Å². The van der Waals surface area contributed by atoms with E-state index >= 15 is 0 Å². The Morgan fingerprint density at radius 1 is 1.43 bits per heavy atom. The van der Waals surface area contributed by atoms with Gasteiger partial charge in [0.25, 0.3) is 0 Å². The second kappa shape index (κ2) is 4.24. The van der Waals surface area contributed by atoms with Gasteiger partial charge in [0.1, 0.15) is 0 Å². The number of hydrogen-bond donors (Lipinski definition) is 2. The summed E-state index contributed by atoms with van der Waals surface area (Å²) in [6, 6.07) is 5.33. The predicted octanol–water partition coefficient (Wildman–Crippen LogP) is 1.59. The molecule has 1 atom stereocenters. The SMILES string of the molecule is Cc1cccc(NC(=O)C(C)N)c1C. The topological polar surface area (TPSA) is 55.1 Å². The van der Waals surface area contributed by atoms with Crippen LogP contribution in [-0.2, 0) is 4.79 Å². The van der Waals surface area contributed by atoms with E-state index in [1.54, 1.807) is 6.92 Å².